The first kappa shape index (κ1) is 11.6. The van der Waals surface area contributed by atoms with Gasteiger partial charge in [0.15, 0.2) is 23.3 Å². The van der Waals surface area contributed by atoms with Gasteiger partial charge >= 0.3 is 0 Å². The number of hydrogen-bond acceptors (Lipinski definition) is 4. The summed E-state index contributed by atoms with van der Waals surface area (Å²) in [7, 11) is 0. The van der Waals surface area contributed by atoms with Crippen LogP contribution in [0.1, 0.15) is 25.7 Å². The number of nitrogens with zero attached hydrogens (tertiary/aromatic N) is 2. The molecule has 3 N–H and O–H groups in total. The number of anilines is 2. The van der Waals surface area contributed by atoms with Crippen LogP contribution in [0.2, 0.25) is 0 Å². The van der Waals surface area contributed by atoms with Crippen molar-refractivity contribution < 1.29 is 13.9 Å². The second kappa shape index (κ2) is 4.05. The van der Waals surface area contributed by atoms with Crippen LogP contribution in [0.4, 0.5) is 20.4 Å². The van der Waals surface area contributed by atoms with Crippen LogP contribution >= 0.6 is 0 Å². The Morgan fingerprint density at radius 3 is 2.44 bits per heavy atom. The van der Waals surface area contributed by atoms with Crippen molar-refractivity contribution in [3.05, 3.63) is 17.7 Å². The standard InChI is InChI=1S/C12H15F2N3O/c13-9-5-10(14)12(16-11(9)15)17-6-1-2-7(17)4-8(18)3-6/h5-8,18H,1-4H2,(H2,15,16). The van der Waals surface area contributed by atoms with Crippen molar-refractivity contribution in [1.82, 2.24) is 4.98 Å². The highest BCUT2D eigenvalue weighted by Crippen LogP contribution is 2.39. The summed E-state index contributed by atoms with van der Waals surface area (Å²) in [5.41, 5.74) is 5.41. The highest BCUT2D eigenvalue weighted by molar-refractivity contribution is 5.50. The second-order valence-corrected chi connectivity index (χ2v) is 5.08. The summed E-state index contributed by atoms with van der Waals surface area (Å²) >= 11 is 0. The molecule has 6 heteroatoms. The first-order chi connectivity index (χ1) is 8.56. The maximum Gasteiger partial charge on any atom is 0.168 e. The number of pyridine rings is 1. The van der Waals surface area contributed by atoms with Gasteiger partial charge in [0.1, 0.15) is 0 Å². The molecule has 0 spiro atoms. The first-order valence-corrected chi connectivity index (χ1v) is 6.14. The van der Waals surface area contributed by atoms with Gasteiger partial charge in [-0.1, -0.05) is 0 Å². The van der Waals surface area contributed by atoms with Crippen LogP contribution in [0, 0.1) is 11.6 Å². The molecule has 2 saturated heterocycles. The highest BCUT2D eigenvalue weighted by atomic mass is 19.1. The third kappa shape index (κ3) is 1.71. The zero-order valence-electron chi connectivity index (χ0n) is 9.81. The van der Waals surface area contributed by atoms with Gasteiger partial charge in [-0.25, -0.2) is 13.8 Å². The largest absolute Gasteiger partial charge is 0.393 e. The summed E-state index contributed by atoms with van der Waals surface area (Å²) < 4.78 is 26.9. The fraction of sp³-hybridized carbons (Fsp3) is 0.583. The Kier molecular flexibility index (Phi) is 2.62. The van der Waals surface area contributed by atoms with Gasteiger partial charge in [-0.05, 0) is 25.7 Å². The molecule has 4 nitrogen and oxygen atoms in total. The van der Waals surface area contributed by atoms with Crippen LogP contribution < -0.4 is 10.6 Å². The van der Waals surface area contributed by atoms with Crippen LogP contribution in [0.15, 0.2) is 6.07 Å². The van der Waals surface area contributed by atoms with E-state index >= 15 is 0 Å². The minimum atomic E-state index is -0.833. The van der Waals surface area contributed by atoms with E-state index < -0.39 is 11.6 Å². The predicted molar refractivity (Wildman–Crippen MR) is 63.1 cm³/mol. The smallest absolute Gasteiger partial charge is 0.168 e. The molecule has 3 rings (SSSR count). The summed E-state index contributed by atoms with van der Waals surface area (Å²) in [6.07, 6.45) is 2.68. The molecule has 3 heterocycles. The van der Waals surface area contributed by atoms with Crippen molar-refractivity contribution in [2.24, 2.45) is 0 Å². The van der Waals surface area contributed by atoms with E-state index in [4.69, 9.17) is 5.73 Å². The lowest BCUT2D eigenvalue weighted by molar-refractivity contribution is 0.125. The number of aliphatic hydroxyl groups excluding tert-OH is 1. The molecule has 2 atom stereocenters. The van der Waals surface area contributed by atoms with Crippen LogP contribution in [0.3, 0.4) is 0 Å². The molecule has 2 aliphatic heterocycles. The van der Waals surface area contributed by atoms with Crippen LogP contribution in [-0.2, 0) is 0 Å². The summed E-state index contributed by atoms with van der Waals surface area (Å²) in [4.78, 5) is 5.69. The molecule has 2 fully saturated rings. The Labute approximate surface area is 103 Å². The minimum absolute atomic E-state index is 0.0746. The summed E-state index contributed by atoms with van der Waals surface area (Å²) in [6.45, 7) is 0. The van der Waals surface area contributed by atoms with Gasteiger partial charge in [0.05, 0.1) is 6.10 Å². The molecule has 2 bridgehead atoms. The third-order valence-electron chi connectivity index (χ3n) is 3.89. The highest BCUT2D eigenvalue weighted by Gasteiger charge is 2.42. The van der Waals surface area contributed by atoms with Crippen LogP contribution in [-0.4, -0.2) is 28.3 Å². The van der Waals surface area contributed by atoms with Gasteiger partial charge in [0.25, 0.3) is 0 Å². The van der Waals surface area contributed by atoms with E-state index in [2.05, 4.69) is 4.98 Å². The van der Waals surface area contributed by atoms with Crippen molar-refractivity contribution in [3.63, 3.8) is 0 Å². The predicted octanol–water partition coefficient (Wildman–Crippen LogP) is 1.43. The van der Waals surface area contributed by atoms with E-state index in [1.165, 1.54) is 0 Å². The number of nitrogen functional groups attached to an aromatic ring is 1. The maximum atomic E-state index is 13.8. The lowest BCUT2D eigenvalue weighted by Crippen LogP contribution is -2.45. The molecule has 98 valence electrons. The van der Waals surface area contributed by atoms with E-state index in [1.807, 2.05) is 4.90 Å². The van der Waals surface area contributed by atoms with E-state index in [9.17, 15) is 13.9 Å². The molecule has 18 heavy (non-hydrogen) atoms. The molecule has 0 aromatic carbocycles. The zero-order chi connectivity index (χ0) is 12.9. The average molecular weight is 255 g/mol. The molecule has 0 aliphatic carbocycles. The Morgan fingerprint density at radius 2 is 1.83 bits per heavy atom. The topological polar surface area (TPSA) is 62.4 Å². The number of piperidine rings is 1. The third-order valence-corrected chi connectivity index (χ3v) is 3.89. The summed E-state index contributed by atoms with van der Waals surface area (Å²) in [6, 6.07) is 0.929. The molecule has 0 amide bonds. The van der Waals surface area contributed by atoms with E-state index in [-0.39, 0.29) is 29.8 Å². The quantitative estimate of drug-likeness (QED) is 0.797. The van der Waals surface area contributed by atoms with Crippen molar-refractivity contribution >= 4 is 11.6 Å². The Bertz CT molecular complexity index is 469. The molecule has 0 radical (unpaired) electrons. The van der Waals surface area contributed by atoms with E-state index in [0.717, 1.165) is 18.9 Å². The summed E-state index contributed by atoms with van der Waals surface area (Å²) in [5.74, 6) is -1.68. The summed E-state index contributed by atoms with van der Waals surface area (Å²) in [5, 5.41) is 9.70. The Hall–Kier alpha value is -1.43. The van der Waals surface area contributed by atoms with Crippen LogP contribution in [0.25, 0.3) is 0 Å². The van der Waals surface area contributed by atoms with Gasteiger partial charge in [-0.3, -0.25) is 0 Å². The number of aliphatic hydroxyl groups is 1. The molecular formula is C12H15F2N3O. The molecule has 1 aromatic heterocycles. The molecule has 2 unspecified atom stereocenters. The minimum Gasteiger partial charge on any atom is -0.393 e. The fourth-order valence-corrected chi connectivity index (χ4v) is 3.15. The first-order valence-electron chi connectivity index (χ1n) is 6.14. The molecule has 0 saturated carbocycles. The van der Waals surface area contributed by atoms with Crippen molar-refractivity contribution in [2.75, 3.05) is 10.6 Å². The van der Waals surface area contributed by atoms with Gasteiger partial charge in [-0.2, -0.15) is 0 Å². The maximum absolute atomic E-state index is 13.8. The van der Waals surface area contributed by atoms with Crippen molar-refractivity contribution in [1.29, 1.82) is 0 Å². The number of rotatable bonds is 1. The van der Waals surface area contributed by atoms with Crippen molar-refractivity contribution in [2.45, 2.75) is 43.9 Å². The van der Waals surface area contributed by atoms with Gasteiger partial charge in [0.2, 0.25) is 0 Å². The lowest BCUT2D eigenvalue weighted by atomic mass is 10.00. The number of halogens is 2. The second-order valence-electron chi connectivity index (χ2n) is 5.08. The van der Waals surface area contributed by atoms with E-state index in [1.54, 1.807) is 0 Å². The normalized spacial score (nSPS) is 30.8. The average Bonchev–Trinajstić information content (AvgIpc) is 2.56. The number of hydrogen-bond donors (Lipinski definition) is 2. The van der Waals surface area contributed by atoms with E-state index in [0.29, 0.717) is 12.8 Å². The Balaban J connectivity index is 1.98. The Morgan fingerprint density at radius 1 is 1.22 bits per heavy atom. The van der Waals surface area contributed by atoms with Gasteiger partial charge in [-0.15, -0.1) is 0 Å². The number of aromatic nitrogens is 1. The van der Waals surface area contributed by atoms with Gasteiger partial charge < -0.3 is 15.7 Å². The molecule has 2 aliphatic rings. The SMILES string of the molecule is Nc1nc(N2C3CCC2CC(O)C3)c(F)cc1F. The van der Waals surface area contributed by atoms with Crippen molar-refractivity contribution in [3.8, 4) is 0 Å². The number of nitrogens with two attached hydrogens (primary N) is 1. The zero-order valence-corrected chi connectivity index (χ0v) is 9.81. The monoisotopic (exact) mass is 255 g/mol. The fourth-order valence-electron chi connectivity index (χ4n) is 3.15. The van der Waals surface area contributed by atoms with Gasteiger partial charge in [0, 0.05) is 18.2 Å². The molecular weight excluding hydrogens is 240 g/mol. The lowest BCUT2D eigenvalue weighted by Gasteiger charge is -2.38. The van der Waals surface area contributed by atoms with Crippen LogP contribution in [0.5, 0.6) is 0 Å². The molecule has 1 aromatic rings. The number of fused-ring (bicyclic) bond motifs is 2.